The van der Waals surface area contributed by atoms with Gasteiger partial charge in [0.05, 0.1) is 18.5 Å². The van der Waals surface area contributed by atoms with E-state index in [0.29, 0.717) is 17.7 Å². The summed E-state index contributed by atoms with van der Waals surface area (Å²) >= 11 is 6.44. The maximum absolute atomic E-state index is 13.9. The maximum atomic E-state index is 13.9. The average Bonchev–Trinajstić information content (AvgIpc) is 3.38. The van der Waals surface area contributed by atoms with Crippen LogP contribution < -0.4 is 15.7 Å². The van der Waals surface area contributed by atoms with Gasteiger partial charge in [0.2, 0.25) is 11.9 Å². The summed E-state index contributed by atoms with van der Waals surface area (Å²) in [6.07, 6.45) is 2.83. The van der Waals surface area contributed by atoms with Gasteiger partial charge in [0.25, 0.3) is 8.32 Å². The lowest BCUT2D eigenvalue weighted by Gasteiger charge is -2.43. The number of amides is 1. The van der Waals surface area contributed by atoms with Gasteiger partial charge in [-0.25, -0.2) is 4.98 Å². The molecule has 2 aromatic heterocycles. The first-order valence-corrected chi connectivity index (χ1v) is 19.6. The number of aromatic nitrogens is 4. The number of nitrogens with one attached hydrogen (secondary N) is 1. The first kappa shape index (κ1) is 36.6. The van der Waals surface area contributed by atoms with Crippen molar-refractivity contribution in [2.45, 2.75) is 79.2 Å². The highest BCUT2D eigenvalue weighted by molar-refractivity contribution is 7.57. The van der Waals surface area contributed by atoms with E-state index in [1.165, 1.54) is 12.7 Å². The quantitative estimate of drug-likeness (QED) is 0.0836. The molecule has 2 aromatic carbocycles. The zero-order valence-electron chi connectivity index (χ0n) is 28.3. The van der Waals surface area contributed by atoms with Crippen molar-refractivity contribution in [1.29, 1.82) is 0 Å². The number of benzene rings is 2. The summed E-state index contributed by atoms with van der Waals surface area (Å²) in [7, 11) is -6.53. The summed E-state index contributed by atoms with van der Waals surface area (Å²) in [6.45, 7) is 15.9. The van der Waals surface area contributed by atoms with Gasteiger partial charge in [-0.3, -0.25) is 14.7 Å². The molecule has 252 valence electrons. The number of carbonyl (C=O) groups excluding carboxylic acids is 1. The Hall–Kier alpha value is -3.18. The van der Waals surface area contributed by atoms with Crippen LogP contribution in [0.15, 0.2) is 78.9 Å². The largest absolute Gasteiger partial charge is 0.407 e. The van der Waals surface area contributed by atoms with E-state index in [1.54, 1.807) is 6.33 Å². The second-order valence-electron chi connectivity index (χ2n) is 13.0. The van der Waals surface area contributed by atoms with Crippen LogP contribution in [0, 0.1) is 5.92 Å². The van der Waals surface area contributed by atoms with Gasteiger partial charge in [-0.05, 0) is 43.1 Å². The van der Waals surface area contributed by atoms with Gasteiger partial charge in [-0.1, -0.05) is 99.1 Å². The molecule has 1 atom stereocenters. The van der Waals surface area contributed by atoms with Gasteiger partial charge < -0.3 is 18.0 Å². The van der Waals surface area contributed by atoms with Crippen LogP contribution in [0.25, 0.3) is 11.2 Å². The van der Waals surface area contributed by atoms with Crippen LogP contribution in [-0.4, -0.2) is 52.6 Å². The normalized spacial score (nSPS) is 13.6. The van der Waals surface area contributed by atoms with Crippen molar-refractivity contribution in [3.05, 3.63) is 84.0 Å². The van der Waals surface area contributed by atoms with Gasteiger partial charge in [0.15, 0.2) is 10.8 Å². The Morgan fingerprint density at radius 2 is 1.53 bits per heavy atom. The van der Waals surface area contributed by atoms with E-state index < -0.39 is 15.9 Å². The Labute approximate surface area is 283 Å². The van der Waals surface area contributed by atoms with E-state index in [0.717, 1.165) is 10.4 Å². The molecule has 47 heavy (non-hydrogen) atoms. The van der Waals surface area contributed by atoms with Crippen LogP contribution in [0.1, 0.15) is 55.4 Å². The Morgan fingerprint density at radius 3 is 2.02 bits per heavy atom. The molecule has 0 aliphatic rings. The molecule has 1 N–H and O–H groups in total. The van der Waals surface area contributed by atoms with Gasteiger partial charge in [0.1, 0.15) is 5.52 Å². The molecular weight excluding hydrogens is 653 g/mol. The van der Waals surface area contributed by atoms with Crippen molar-refractivity contribution in [2.75, 3.05) is 11.9 Å². The zero-order valence-corrected chi connectivity index (χ0v) is 31.0. The van der Waals surface area contributed by atoms with Crippen LogP contribution in [0.2, 0.25) is 10.2 Å². The second kappa shape index (κ2) is 15.4. The summed E-state index contributed by atoms with van der Waals surface area (Å²) in [4.78, 5) is 24.9. The lowest BCUT2D eigenvalue weighted by molar-refractivity contribution is -0.114. The minimum Gasteiger partial charge on any atom is -0.407 e. The van der Waals surface area contributed by atoms with Crippen LogP contribution in [0.3, 0.4) is 0 Å². The van der Waals surface area contributed by atoms with E-state index in [1.807, 2.05) is 74.7 Å². The number of rotatable bonds is 14. The molecule has 0 aliphatic heterocycles. The number of imidazole rings is 1. The molecule has 13 heteroatoms. The third kappa shape index (κ3) is 9.04. The minimum absolute atomic E-state index is 0.0765. The molecule has 0 saturated carbocycles. The third-order valence-corrected chi connectivity index (χ3v) is 14.6. The Kier molecular flexibility index (Phi) is 12.0. The van der Waals surface area contributed by atoms with Crippen molar-refractivity contribution in [3.8, 4) is 0 Å². The summed E-state index contributed by atoms with van der Waals surface area (Å²) < 4.78 is 34.7. The van der Waals surface area contributed by atoms with E-state index in [9.17, 15) is 9.36 Å². The molecule has 10 nitrogen and oxygen atoms in total. The SMILES string of the molecule is CC(=O)Nc1nc(Cl)c2ncn(CC(/C=C/P(=O)(OC(C)C)OC(C)C)CO[Si](c3ccccc3)(c3ccccc3)C(C)(C)C)c2n1. The van der Waals surface area contributed by atoms with Crippen molar-refractivity contribution >= 4 is 60.9 Å². The molecule has 0 saturated heterocycles. The molecule has 0 radical (unpaired) electrons. The first-order chi connectivity index (χ1) is 22.1. The van der Waals surface area contributed by atoms with Crippen LogP contribution >= 0.6 is 19.2 Å². The average molecular weight is 698 g/mol. The fraction of sp³-hybridized carbons (Fsp3) is 0.412. The number of halogens is 1. The zero-order chi connectivity index (χ0) is 34.4. The molecule has 0 fully saturated rings. The van der Waals surface area contributed by atoms with Gasteiger partial charge in [0, 0.05) is 31.8 Å². The number of anilines is 1. The molecular formula is C34H45ClN5O5PSi. The van der Waals surface area contributed by atoms with Crippen molar-refractivity contribution in [1.82, 2.24) is 19.5 Å². The molecule has 4 aromatic rings. The lowest BCUT2D eigenvalue weighted by atomic mass is 10.1. The highest BCUT2D eigenvalue weighted by atomic mass is 35.5. The number of nitrogens with zero attached hydrogens (tertiary/aromatic N) is 4. The van der Waals surface area contributed by atoms with E-state index in [2.05, 4.69) is 65.3 Å². The molecule has 0 bridgehead atoms. The van der Waals surface area contributed by atoms with Gasteiger partial charge in [-0.15, -0.1) is 0 Å². The highest BCUT2D eigenvalue weighted by Crippen LogP contribution is 2.52. The first-order valence-electron chi connectivity index (χ1n) is 15.7. The second-order valence-corrected chi connectivity index (χ2v) is 19.5. The topological polar surface area (TPSA) is 117 Å². The monoisotopic (exact) mass is 697 g/mol. The Morgan fingerprint density at radius 1 is 0.979 bits per heavy atom. The number of hydrogen-bond acceptors (Lipinski definition) is 8. The molecule has 2 heterocycles. The molecule has 0 aliphatic carbocycles. The van der Waals surface area contributed by atoms with E-state index in [-0.39, 0.29) is 46.8 Å². The van der Waals surface area contributed by atoms with Gasteiger partial charge >= 0.3 is 7.60 Å². The predicted octanol–water partition coefficient (Wildman–Crippen LogP) is 7.19. The standard InChI is InChI=1S/C34H45ClN5O5PSi/c1-24(2)44-46(42,45-25(3)4)20-19-27(21-40-23-36-30-31(35)38-33(37-26(5)41)39-32(30)40)22-43-47(34(6,7)8,28-15-11-9-12-16-28)29-17-13-10-14-18-29/h9-20,23-25,27H,21-22H2,1-8H3,(H,37,38,39,41)/b20-19+. The summed E-state index contributed by atoms with van der Waals surface area (Å²) in [5, 5.41) is 4.75. The van der Waals surface area contributed by atoms with Crippen LogP contribution in [0.4, 0.5) is 5.95 Å². The van der Waals surface area contributed by atoms with Crippen LogP contribution in [-0.2, 0) is 29.4 Å². The molecule has 1 amide bonds. The van der Waals surface area contributed by atoms with Gasteiger partial charge in [-0.2, -0.15) is 9.97 Å². The third-order valence-electron chi connectivity index (χ3n) is 7.33. The smallest absolute Gasteiger partial charge is 0.354 e. The highest BCUT2D eigenvalue weighted by Gasteiger charge is 2.50. The summed E-state index contributed by atoms with van der Waals surface area (Å²) in [6, 6.07) is 20.8. The fourth-order valence-corrected chi connectivity index (χ4v) is 12.2. The molecule has 0 spiro atoms. The van der Waals surface area contributed by atoms with Crippen molar-refractivity contribution < 1.29 is 22.8 Å². The molecule has 4 rings (SSSR count). The minimum atomic E-state index is -3.61. The maximum Gasteiger partial charge on any atom is 0.354 e. The Bertz CT molecular complexity index is 1670. The summed E-state index contributed by atoms with van der Waals surface area (Å²) in [5.74, 6) is 0.951. The van der Waals surface area contributed by atoms with Crippen molar-refractivity contribution in [3.63, 3.8) is 0 Å². The fourth-order valence-electron chi connectivity index (χ4n) is 5.58. The number of hydrogen-bond donors (Lipinski definition) is 1. The molecule has 1 unspecified atom stereocenters. The van der Waals surface area contributed by atoms with Crippen molar-refractivity contribution in [2.24, 2.45) is 5.92 Å². The predicted molar refractivity (Wildman–Crippen MR) is 191 cm³/mol. The van der Waals surface area contributed by atoms with E-state index in [4.69, 9.17) is 25.1 Å². The van der Waals surface area contributed by atoms with Crippen LogP contribution in [0.5, 0.6) is 0 Å². The van der Waals surface area contributed by atoms with E-state index >= 15 is 0 Å². The Balaban J connectivity index is 1.82. The summed E-state index contributed by atoms with van der Waals surface area (Å²) in [5.41, 5.74) is 0.839. The lowest BCUT2D eigenvalue weighted by Crippen LogP contribution is -2.66. The number of carbonyl (C=O) groups is 1. The number of fused-ring (bicyclic) bond motifs is 1.